The number of benzene rings is 1. The summed E-state index contributed by atoms with van der Waals surface area (Å²) in [6.45, 7) is 2.14. The lowest BCUT2D eigenvalue weighted by molar-refractivity contribution is 0.252. The van der Waals surface area contributed by atoms with Crippen LogP contribution in [0.1, 0.15) is 11.4 Å². The summed E-state index contributed by atoms with van der Waals surface area (Å²) in [4.78, 5) is 17.6. The Bertz CT molecular complexity index is 892. The lowest BCUT2D eigenvalue weighted by atomic mass is 10.3. The number of nitrogens with zero attached hydrogens (tertiary/aromatic N) is 2. The number of aryl methyl sites for hydroxylation is 1. The Balaban J connectivity index is 1.83. The maximum absolute atomic E-state index is 12.6. The Kier molecular flexibility index (Phi) is 4.63. The molecule has 2 aromatic heterocycles. The Morgan fingerprint density at radius 2 is 2.17 bits per heavy atom. The highest BCUT2D eigenvalue weighted by atomic mass is 32.2. The molecule has 0 atom stereocenters. The zero-order valence-electron chi connectivity index (χ0n) is 12.1. The van der Waals surface area contributed by atoms with Gasteiger partial charge in [0.1, 0.15) is 0 Å². The van der Waals surface area contributed by atoms with E-state index in [2.05, 4.69) is 10.3 Å². The lowest BCUT2D eigenvalue weighted by Gasteiger charge is -2.11. The second-order valence-electron chi connectivity index (χ2n) is 4.81. The van der Waals surface area contributed by atoms with Gasteiger partial charge in [-0.1, -0.05) is 23.9 Å². The maximum atomic E-state index is 12.6. The molecule has 0 radical (unpaired) electrons. The summed E-state index contributed by atoms with van der Waals surface area (Å²) in [5.41, 5.74) is 1.89. The van der Waals surface area contributed by atoms with Gasteiger partial charge in [0.25, 0.3) is 11.3 Å². The Morgan fingerprint density at radius 3 is 2.96 bits per heavy atom. The van der Waals surface area contributed by atoms with Crippen molar-refractivity contribution in [3.05, 3.63) is 57.5 Å². The van der Waals surface area contributed by atoms with Gasteiger partial charge in [-0.2, -0.15) is 8.78 Å². The summed E-state index contributed by atoms with van der Waals surface area (Å²) in [6.07, 6.45) is 0. The third-order valence-electron chi connectivity index (χ3n) is 3.19. The number of hydrogen-bond acceptors (Lipinski definition) is 5. The largest absolute Gasteiger partial charge is 0.378 e. The van der Waals surface area contributed by atoms with Crippen LogP contribution in [-0.4, -0.2) is 15.1 Å². The molecule has 23 heavy (non-hydrogen) atoms. The van der Waals surface area contributed by atoms with Gasteiger partial charge in [0, 0.05) is 27.7 Å². The van der Waals surface area contributed by atoms with Crippen LogP contribution in [-0.2, 0) is 6.54 Å². The second-order valence-corrected chi connectivity index (χ2v) is 6.68. The van der Waals surface area contributed by atoms with Crippen LogP contribution < -0.4 is 10.9 Å². The van der Waals surface area contributed by atoms with Crippen LogP contribution >= 0.6 is 23.1 Å². The van der Waals surface area contributed by atoms with E-state index in [9.17, 15) is 13.6 Å². The number of thioether (sulfide) groups is 1. The van der Waals surface area contributed by atoms with Crippen molar-refractivity contribution in [3.63, 3.8) is 0 Å². The molecule has 120 valence electrons. The number of fused-ring (bicyclic) bond motifs is 1. The lowest BCUT2D eigenvalue weighted by Crippen LogP contribution is -2.16. The number of rotatable bonds is 5. The van der Waals surface area contributed by atoms with Gasteiger partial charge in [-0.15, -0.1) is 11.3 Å². The normalized spacial score (nSPS) is 11.3. The molecule has 0 amide bonds. The molecule has 0 saturated heterocycles. The molecule has 0 bridgehead atoms. The van der Waals surface area contributed by atoms with Gasteiger partial charge >= 0.3 is 0 Å². The summed E-state index contributed by atoms with van der Waals surface area (Å²) in [5, 5.41) is 4.94. The zero-order chi connectivity index (χ0) is 16.4. The Morgan fingerprint density at radius 1 is 1.39 bits per heavy atom. The molecule has 0 unspecified atom stereocenters. The molecule has 2 heterocycles. The number of halogens is 2. The summed E-state index contributed by atoms with van der Waals surface area (Å²) >= 11 is 1.89. The molecule has 1 aromatic carbocycles. The van der Waals surface area contributed by atoms with Gasteiger partial charge in [0.05, 0.1) is 12.2 Å². The van der Waals surface area contributed by atoms with E-state index in [1.165, 1.54) is 17.4 Å². The van der Waals surface area contributed by atoms with Crippen molar-refractivity contribution < 1.29 is 8.78 Å². The van der Waals surface area contributed by atoms with Gasteiger partial charge in [0.2, 0.25) is 0 Å². The second kappa shape index (κ2) is 6.67. The minimum absolute atomic E-state index is 0.138. The smallest absolute Gasteiger partial charge is 0.288 e. The van der Waals surface area contributed by atoms with Crippen molar-refractivity contribution in [2.45, 2.75) is 24.1 Å². The van der Waals surface area contributed by atoms with E-state index in [1.54, 1.807) is 28.7 Å². The first-order valence-electron chi connectivity index (χ1n) is 6.79. The fraction of sp³-hybridized carbons (Fsp3) is 0.200. The molecule has 3 aromatic rings. The highest BCUT2D eigenvalue weighted by molar-refractivity contribution is 7.99. The molecule has 4 nitrogen and oxygen atoms in total. The Hall–Kier alpha value is -1.93. The molecular formula is C15H13F2N3OS2. The molecule has 0 spiro atoms. The van der Waals surface area contributed by atoms with Crippen molar-refractivity contribution in [2.24, 2.45) is 0 Å². The predicted molar refractivity (Wildman–Crippen MR) is 89.7 cm³/mol. The summed E-state index contributed by atoms with van der Waals surface area (Å²) < 4.78 is 26.7. The Labute approximate surface area is 139 Å². The van der Waals surface area contributed by atoms with Gasteiger partial charge < -0.3 is 5.32 Å². The van der Waals surface area contributed by atoms with Crippen molar-refractivity contribution in [3.8, 4) is 0 Å². The standard InChI is InChI=1S/C15H13F2N3OS2/c1-9-8-22-15-19-10(6-13(21)20(9)15)7-18-11-4-2-3-5-12(11)23-14(16)17/h2-6,8,14,18H,7H2,1H3. The first-order chi connectivity index (χ1) is 11.0. The van der Waals surface area contributed by atoms with E-state index in [1.807, 2.05) is 12.3 Å². The van der Waals surface area contributed by atoms with Crippen molar-refractivity contribution in [1.82, 2.24) is 9.38 Å². The number of thiazole rings is 1. The van der Waals surface area contributed by atoms with E-state index < -0.39 is 5.76 Å². The number of para-hydroxylation sites is 1. The monoisotopic (exact) mass is 353 g/mol. The van der Waals surface area contributed by atoms with Crippen LogP contribution in [0.2, 0.25) is 0 Å². The van der Waals surface area contributed by atoms with Gasteiger partial charge in [-0.05, 0) is 19.1 Å². The van der Waals surface area contributed by atoms with Crippen LogP contribution in [0.25, 0.3) is 4.96 Å². The molecule has 1 N–H and O–H groups in total. The van der Waals surface area contributed by atoms with Crippen LogP contribution in [0.5, 0.6) is 0 Å². The molecule has 0 aliphatic rings. The molecular weight excluding hydrogens is 340 g/mol. The van der Waals surface area contributed by atoms with Crippen LogP contribution in [0.4, 0.5) is 14.5 Å². The minimum Gasteiger partial charge on any atom is -0.378 e. The average Bonchev–Trinajstić information content (AvgIpc) is 2.87. The first kappa shape index (κ1) is 15.9. The number of anilines is 1. The van der Waals surface area contributed by atoms with Crippen molar-refractivity contribution >= 4 is 33.7 Å². The van der Waals surface area contributed by atoms with E-state index in [0.29, 0.717) is 39.5 Å². The van der Waals surface area contributed by atoms with Gasteiger partial charge in [0.15, 0.2) is 4.96 Å². The fourth-order valence-corrected chi connectivity index (χ4v) is 3.70. The van der Waals surface area contributed by atoms with Crippen LogP contribution in [0.3, 0.4) is 0 Å². The van der Waals surface area contributed by atoms with E-state index >= 15 is 0 Å². The third kappa shape index (κ3) is 3.53. The van der Waals surface area contributed by atoms with E-state index in [0.717, 1.165) is 5.69 Å². The predicted octanol–water partition coefficient (Wildman–Crippen LogP) is 3.99. The van der Waals surface area contributed by atoms with Crippen LogP contribution in [0, 0.1) is 6.92 Å². The average molecular weight is 353 g/mol. The number of nitrogens with one attached hydrogen (secondary N) is 1. The maximum Gasteiger partial charge on any atom is 0.288 e. The zero-order valence-corrected chi connectivity index (χ0v) is 13.8. The number of aromatic nitrogens is 2. The van der Waals surface area contributed by atoms with Gasteiger partial charge in [-0.3, -0.25) is 9.20 Å². The van der Waals surface area contributed by atoms with Crippen molar-refractivity contribution in [2.75, 3.05) is 5.32 Å². The molecule has 3 rings (SSSR count). The summed E-state index contributed by atoms with van der Waals surface area (Å²) in [6, 6.07) is 8.30. The quantitative estimate of drug-likeness (QED) is 0.705. The fourth-order valence-electron chi connectivity index (χ4n) is 2.19. The third-order valence-corrected chi connectivity index (χ3v) is 4.92. The topological polar surface area (TPSA) is 46.4 Å². The molecule has 0 aliphatic heterocycles. The number of alkyl halides is 2. The first-order valence-corrected chi connectivity index (χ1v) is 8.55. The molecule has 0 fully saturated rings. The SMILES string of the molecule is Cc1csc2nc(CNc3ccccc3SC(F)F)cc(=O)n12. The molecule has 8 heteroatoms. The van der Waals surface area contributed by atoms with E-state index in [-0.39, 0.29) is 5.56 Å². The van der Waals surface area contributed by atoms with Crippen molar-refractivity contribution in [1.29, 1.82) is 0 Å². The summed E-state index contributed by atoms with van der Waals surface area (Å²) in [7, 11) is 0. The van der Waals surface area contributed by atoms with Gasteiger partial charge in [-0.25, -0.2) is 4.98 Å². The van der Waals surface area contributed by atoms with Crippen LogP contribution in [0.15, 0.2) is 45.4 Å². The summed E-state index contributed by atoms with van der Waals surface area (Å²) in [5.74, 6) is -2.48. The molecule has 0 aliphatic carbocycles. The minimum atomic E-state index is -2.48. The van der Waals surface area contributed by atoms with E-state index in [4.69, 9.17) is 0 Å². The number of hydrogen-bond donors (Lipinski definition) is 1. The molecule has 0 saturated carbocycles. The highest BCUT2D eigenvalue weighted by Gasteiger charge is 2.10. The highest BCUT2D eigenvalue weighted by Crippen LogP contribution is 2.31.